The number of thiazole rings is 1. The zero-order valence-electron chi connectivity index (χ0n) is 9.77. The Hall–Kier alpha value is -1.68. The summed E-state index contributed by atoms with van der Waals surface area (Å²) in [6.07, 6.45) is 0. The molecule has 2 aromatic rings. The van der Waals surface area contributed by atoms with Crippen LogP contribution in [0.5, 0.6) is 5.75 Å². The number of hydrogen-bond acceptors (Lipinski definition) is 4. The monoisotopic (exact) mass is 247 g/mol. The lowest BCUT2D eigenvalue weighted by Crippen LogP contribution is -2.01. The normalized spacial score (nSPS) is 10.2. The molecule has 17 heavy (non-hydrogen) atoms. The predicted octanol–water partition coefficient (Wildman–Crippen LogP) is 3.08. The third-order valence-electron chi connectivity index (χ3n) is 2.28. The van der Waals surface area contributed by atoms with E-state index in [4.69, 9.17) is 4.74 Å². The van der Waals surface area contributed by atoms with Crippen LogP contribution < -0.4 is 4.74 Å². The van der Waals surface area contributed by atoms with Crippen molar-refractivity contribution in [2.45, 2.75) is 13.8 Å². The van der Waals surface area contributed by atoms with Crippen molar-refractivity contribution in [2.24, 2.45) is 0 Å². The minimum absolute atomic E-state index is 0.0441. The van der Waals surface area contributed by atoms with Gasteiger partial charge in [-0.05, 0) is 38.1 Å². The van der Waals surface area contributed by atoms with Crippen LogP contribution in [-0.4, -0.2) is 17.4 Å². The summed E-state index contributed by atoms with van der Waals surface area (Å²) in [5, 5.41) is 2.69. The summed E-state index contributed by atoms with van der Waals surface area (Å²) in [6, 6.07) is 7.13. The molecule has 2 rings (SSSR count). The van der Waals surface area contributed by atoms with Gasteiger partial charge < -0.3 is 4.74 Å². The van der Waals surface area contributed by atoms with Gasteiger partial charge in [-0.25, -0.2) is 4.98 Å². The molecule has 0 amide bonds. The van der Waals surface area contributed by atoms with E-state index >= 15 is 0 Å². The van der Waals surface area contributed by atoms with Crippen molar-refractivity contribution >= 4 is 17.1 Å². The Morgan fingerprint density at radius 3 is 2.59 bits per heavy atom. The van der Waals surface area contributed by atoms with Crippen molar-refractivity contribution in [3.8, 4) is 5.75 Å². The van der Waals surface area contributed by atoms with Gasteiger partial charge in [-0.3, -0.25) is 4.79 Å². The number of carbonyl (C=O) groups is 1. The van der Waals surface area contributed by atoms with Gasteiger partial charge in [0, 0.05) is 10.9 Å². The van der Waals surface area contributed by atoms with Gasteiger partial charge in [-0.15, -0.1) is 11.3 Å². The van der Waals surface area contributed by atoms with E-state index < -0.39 is 0 Å². The molecule has 0 saturated carbocycles. The maximum atomic E-state index is 12.0. The number of nitrogens with zero attached hydrogens (tertiary/aromatic N) is 1. The minimum Gasteiger partial charge on any atom is -0.494 e. The summed E-state index contributed by atoms with van der Waals surface area (Å²) in [7, 11) is 0. The molecule has 1 aromatic heterocycles. The van der Waals surface area contributed by atoms with Gasteiger partial charge >= 0.3 is 0 Å². The van der Waals surface area contributed by atoms with Crippen LogP contribution in [0, 0.1) is 6.92 Å². The maximum Gasteiger partial charge on any atom is 0.212 e. The van der Waals surface area contributed by atoms with Crippen molar-refractivity contribution < 1.29 is 9.53 Å². The van der Waals surface area contributed by atoms with Crippen LogP contribution in [-0.2, 0) is 0 Å². The molecule has 0 aliphatic rings. The summed E-state index contributed by atoms with van der Waals surface area (Å²) in [5.41, 5.74) is 1.15. The number of ether oxygens (including phenoxy) is 1. The molecule has 1 heterocycles. The lowest BCUT2D eigenvalue weighted by molar-refractivity contribution is 0.103. The molecule has 1 aromatic carbocycles. The Kier molecular flexibility index (Phi) is 3.54. The fourth-order valence-corrected chi connectivity index (χ4v) is 2.08. The molecule has 0 aliphatic heterocycles. The number of benzene rings is 1. The molecule has 88 valence electrons. The van der Waals surface area contributed by atoms with Gasteiger partial charge in [-0.2, -0.15) is 0 Å². The highest BCUT2D eigenvalue weighted by atomic mass is 32.1. The molecule has 0 unspecified atom stereocenters. The van der Waals surface area contributed by atoms with E-state index in [9.17, 15) is 4.79 Å². The van der Waals surface area contributed by atoms with E-state index in [1.54, 1.807) is 29.6 Å². The number of ketones is 1. The van der Waals surface area contributed by atoms with E-state index in [2.05, 4.69) is 4.98 Å². The molecule has 0 radical (unpaired) electrons. The molecular weight excluding hydrogens is 234 g/mol. The first kappa shape index (κ1) is 11.8. The van der Waals surface area contributed by atoms with Crippen molar-refractivity contribution in [2.75, 3.05) is 6.61 Å². The Balaban J connectivity index is 2.20. The molecule has 0 aliphatic carbocycles. The molecule has 0 spiro atoms. The molecule has 0 bridgehead atoms. The fourth-order valence-electron chi connectivity index (χ4n) is 1.48. The van der Waals surface area contributed by atoms with Crippen LogP contribution in [0.25, 0.3) is 0 Å². The van der Waals surface area contributed by atoms with Crippen LogP contribution in [0.1, 0.15) is 28.0 Å². The molecule has 0 fully saturated rings. The Morgan fingerprint density at radius 1 is 1.35 bits per heavy atom. The fraction of sp³-hybridized carbons (Fsp3) is 0.231. The van der Waals surface area contributed by atoms with Crippen molar-refractivity contribution in [3.05, 3.63) is 45.9 Å². The molecule has 4 heteroatoms. The summed E-state index contributed by atoms with van der Waals surface area (Å²) < 4.78 is 5.33. The number of hydrogen-bond donors (Lipinski definition) is 0. The van der Waals surface area contributed by atoms with E-state index in [0.717, 1.165) is 10.8 Å². The molecule has 0 atom stereocenters. The van der Waals surface area contributed by atoms with Crippen LogP contribution in [0.3, 0.4) is 0 Å². The van der Waals surface area contributed by atoms with E-state index in [1.165, 1.54) is 11.3 Å². The highest BCUT2D eigenvalue weighted by molar-refractivity contribution is 7.09. The number of aromatic nitrogens is 1. The summed E-state index contributed by atoms with van der Waals surface area (Å²) in [4.78, 5) is 16.2. The van der Waals surface area contributed by atoms with E-state index in [0.29, 0.717) is 17.9 Å². The largest absolute Gasteiger partial charge is 0.494 e. The van der Waals surface area contributed by atoms with Gasteiger partial charge in [-0.1, -0.05) is 0 Å². The van der Waals surface area contributed by atoms with Gasteiger partial charge in [0.15, 0.2) is 0 Å². The second kappa shape index (κ2) is 5.10. The van der Waals surface area contributed by atoms with E-state index in [-0.39, 0.29) is 5.78 Å². The zero-order valence-corrected chi connectivity index (χ0v) is 10.6. The van der Waals surface area contributed by atoms with Gasteiger partial charge in [0.25, 0.3) is 0 Å². The van der Waals surface area contributed by atoms with Gasteiger partial charge in [0.05, 0.1) is 11.6 Å². The van der Waals surface area contributed by atoms with Crippen molar-refractivity contribution in [1.29, 1.82) is 0 Å². The van der Waals surface area contributed by atoms with Crippen LogP contribution >= 0.6 is 11.3 Å². The summed E-state index contributed by atoms with van der Waals surface area (Å²) >= 11 is 1.48. The standard InChI is InChI=1S/C13H13NO2S/c1-3-16-11-6-4-10(5-7-11)13(15)12-8-17-9(2)14-12/h4-8H,3H2,1-2H3. The van der Waals surface area contributed by atoms with Gasteiger partial charge in [0.2, 0.25) is 5.78 Å². The number of aryl methyl sites for hydroxylation is 1. The summed E-state index contributed by atoms with van der Waals surface area (Å²) in [6.45, 7) is 4.44. The average Bonchev–Trinajstić information content (AvgIpc) is 2.76. The number of rotatable bonds is 4. The van der Waals surface area contributed by atoms with Crippen LogP contribution in [0.4, 0.5) is 0 Å². The third-order valence-corrected chi connectivity index (χ3v) is 3.05. The SMILES string of the molecule is CCOc1ccc(C(=O)c2csc(C)n2)cc1. The van der Waals surface area contributed by atoms with Crippen LogP contribution in [0.2, 0.25) is 0 Å². The molecule has 0 N–H and O–H groups in total. The first-order valence-electron chi connectivity index (χ1n) is 5.40. The Morgan fingerprint density at radius 2 is 2.06 bits per heavy atom. The average molecular weight is 247 g/mol. The van der Waals surface area contributed by atoms with Crippen LogP contribution in [0.15, 0.2) is 29.6 Å². The summed E-state index contributed by atoms with van der Waals surface area (Å²) in [5.74, 6) is 0.732. The third kappa shape index (κ3) is 2.71. The Bertz CT molecular complexity index is 516. The first-order chi connectivity index (χ1) is 8.20. The smallest absolute Gasteiger partial charge is 0.212 e. The topological polar surface area (TPSA) is 39.2 Å². The Labute approximate surface area is 104 Å². The second-order valence-electron chi connectivity index (χ2n) is 3.54. The van der Waals surface area contributed by atoms with Crippen molar-refractivity contribution in [1.82, 2.24) is 4.98 Å². The molecule has 3 nitrogen and oxygen atoms in total. The lowest BCUT2D eigenvalue weighted by Gasteiger charge is -2.03. The maximum absolute atomic E-state index is 12.0. The predicted molar refractivity (Wildman–Crippen MR) is 67.9 cm³/mol. The lowest BCUT2D eigenvalue weighted by atomic mass is 10.1. The zero-order chi connectivity index (χ0) is 12.3. The first-order valence-corrected chi connectivity index (χ1v) is 6.28. The molecular formula is C13H13NO2S. The highest BCUT2D eigenvalue weighted by Gasteiger charge is 2.11. The van der Waals surface area contributed by atoms with Gasteiger partial charge in [0.1, 0.15) is 11.4 Å². The number of carbonyl (C=O) groups excluding carboxylic acids is 1. The second-order valence-corrected chi connectivity index (χ2v) is 4.60. The van der Waals surface area contributed by atoms with Crippen molar-refractivity contribution in [3.63, 3.8) is 0 Å². The molecule has 0 saturated heterocycles. The quantitative estimate of drug-likeness (QED) is 0.779. The van der Waals surface area contributed by atoms with E-state index in [1.807, 2.05) is 13.8 Å². The minimum atomic E-state index is -0.0441. The highest BCUT2D eigenvalue weighted by Crippen LogP contribution is 2.16.